The van der Waals surface area contributed by atoms with Gasteiger partial charge in [0.25, 0.3) is 0 Å². The predicted octanol–water partition coefficient (Wildman–Crippen LogP) is 36.4. The summed E-state index contributed by atoms with van der Waals surface area (Å²) < 4.78 is 22.0. The first-order chi connectivity index (χ1) is 73.0. The molecule has 0 atom stereocenters. The number of anilines is 12. The molecule has 12 heteroatoms. The lowest BCUT2D eigenvalue weighted by Crippen LogP contribution is -2.17. The molecule has 0 unspecified atom stereocenters. The zero-order chi connectivity index (χ0) is 105. The van der Waals surface area contributed by atoms with E-state index in [1.54, 1.807) is 56.1 Å². The van der Waals surface area contributed by atoms with Crippen molar-refractivity contribution < 1.29 is 38.1 Å². The van der Waals surface area contributed by atoms with Crippen LogP contribution in [0.1, 0.15) is 99.9 Å². The molecule has 12 nitrogen and oxygen atoms in total. The first kappa shape index (κ1) is 103. The third-order valence-corrected chi connectivity index (χ3v) is 28.1. The molecule has 0 saturated heterocycles. The zero-order valence-electron chi connectivity index (χ0n) is 87.8. The van der Waals surface area contributed by atoms with E-state index in [1.165, 1.54) is 21.9 Å². The number of allylic oxidation sites excluding steroid dienone is 8. The Morgan fingerprint density at radius 1 is 0.200 bits per heavy atom. The smallest absolute Gasteiger partial charge is 0.163 e. The zero-order valence-corrected chi connectivity index (χ0v) is 87.8. The van der Waals surface area contributed by atoms with Crippen LogP contribution in [0.25, 0.3) is 110 Å². The van der Waals surface area contributed by atoms with Crippen LogP contribution in [0.15, 0.2) is 472 Å². The van der Waals surface area contributed by atoms with Crippen LogP contribution >= 0.6 is 0 Å². The number of methoxy groups -OCH3 is 4. The highest BCUT2D eigenvalue weighted by Gasteiger charge is 2.31. The molecular formula is C138H122N4O8. The molecule has 0 saturated carbocycles. The minimum Gasteiger partial charge on any atom is -0.501 e. The summed E-state index contributed by atoms with van der Waals surface area (Å²) in [6.07, 6.45) is 0. The first-order valence-corrected chi connectivity index (χ1v) is 50.5. The Kier molecular flexibility index (Phi) is 32.5. The van der Waals surface area contributed by atoms with Gasteiger partial charge in [-0.3, -0.25) is 19.2 Å². The molecule has 0 heterocycles. The highest BCUT2D eigenvalue weighted by molar-refractivity contribution is 6.31. The fourth-order valence-corrected chi connectivity index (χ4v) is 20.6. The molecule has 0 aliphatic heterocycles. The fourth-order valence-electron chi connectivity index (χ4n) is 20.6. The lowest BCUT2D eigenvalue weighted by molar-refractivity contribution is -0.112. The Labute approximate surface area is 881 Å². The van der Waals surface area contributed by atoms with Crippen molar-refractivity contribution in [2.75, 3.05) is 48.0 Å². The third kappa shape index (κ3) is 21.7. The summed E-state index contributed by atoms with van der Waals surface area (Å²) in [5, 5.41) is 8.91. The summed E-state index contributed by atoms with van der Waals surface area (Å²) in [7, 11) is 6.43. The highest BCUT2D eigenvalue weighted by atomic mass is 16.5. The van der Waals surface area contributed by atoms with Gasteiger partial charge in [-0.15, -0.1) is 0 Å². The van der Waals surface area contributed by atoms with Gasteiger partial charge in [-0.05, 0) is 291 Å². The second kappa shape index (κ2) is 47.3. The van der Waals surface area contributed by atoms with E-state index in [0.29, 0.717) is 45.3 Å². The van der Waals surface area contributed by atoms with Crippen molar-refractivity contribution in [3.63, 3.8) is 0 Å². The molecular weight excluding hydrogens is 1840 g/mol. The summed E-state index contributed by atoms with van der Waals surface area (Å²) in [6.45, 7) is 22.3. The van der Waals surface area contributed by atoms with Crippen LogP contribution in [-0.4, -0.2) is 51.6 Å². The molecule has 0 fully saturated rings. The van der Waals surface area contributed by atoms with Crippen LogP contribution in [0.4, 0.5) is 68.2 Å². The van der Waals surface area contributed by atoms with Gasteiger partial charge in [0.05, 0.1) is 84.9 Å². The number of hydrogen-bond acceptors (Lipinski definition) is 12. The van der Waals surface area contributed by atoms with Crippen LogP contribution in [0.5, 0.6) is 0 Å². The Balaban J connectivity index is 0.000000137. The van der Waals surface area contributed by atoms with Gasteiger partial charge < -0.3 is 38.5 Å². The number of fused-ring (bicyclic) bond motifs is 1. The van der Waals surface area contributed by atoms with Crippen LogP contribution in [0.3, 0.4) is 0 Å². The predicted molar refractivity (Wildman–Crippen MR) is 628 cm³/mol. The van der Waals surface area contributed by atoms with Crippen molar-refractivity contribution in [2.24, 2.45) is 0 Å². The number of ketones is 4. The number of ether oxygens (including phenoxy) is 4. The highest BCUT2D eigenvalue weighted by Crippen LogP contribution is 2.52. The van der Waals surface area contributed by atoms with Gasteiger partial charge in [0.1, 0.15) is 23.0 Å². The Morgan fingerprint density at radius 2 is 0.473 bits per heavy atom. The van der Waals surface area contributed by atoms with Crippen molar-refractivity contribution in [1.29, 1.82) is 0 Å². The molecule has 0 amide bonds. The van der Waals surface area contributed by atoms with Crippen LogP contribution in [-0.2, 0) is 38.1 Å². The molecule has 150 heavy (non-hydrogen) atoms. The molecule has 20 rings (SSSR count). The van der Waals surface area contributed by atoms with E-state index in [4.69, 9.17) is 18.9 Å². The fraction of sp³-hybridized carbons (Fsp3) is 0.116. The quantitative estimate of drug-likeness (QED) is 0.0264. The van der Waals surface area contributed by atoms with E-state index in [0.717, 1.165) is 178 Å². The molecule has 742 valence electrons. The minimum atomic E-state index is -0.0217. The third-order valence-electron chi connectivity index (χ3n) is 28.1. The summed E-state index contributed by atoms with van der Waals surface area (Å²) in [5.41, 5.74) is 32.6. The number of rotatable bonds is 28. The number of para-hydroxylation sites is 7. The summed E-state index contributed by atoms with van der Waals surface area (Å²) in [5.74, 6) is 2.44. The maximum absolute atomic E-state index is 12.8. The number of nitrogens with zero attached hydrogens (tertiary/aromatic N) is 4. The van der Waals surface area contributed by atoms with Gasteiger partial charge in [0.15, 0.2) is 23.1 Å². The number of benzene rings is 20. The van der Waals surface area contributed by atoms with E-state index in [9.17, 15) is 19.2 Å². The maximum atomic E-state index is 12.8. The van der Waals surface area contributed by atoms with Gasteiger partial charge in [0, 0.05) is 61.6 Å². The lowest BCUT2D eigenvalue weighted by Gasteiger charge is -2.33. The molecule has 0 spiro atoms. The van der Waals surface area contributed by atoms with E-state index in [1.807, 2.05) is 125 Å². The summed E-state index contributed by atoms with van der Waals surface area (Å²) in [6, 6.07) is 156. The monoisotopic (exact) mass is 1960 g/mol. The topological polar surface area (TPSA) is 118 Å². The van der Waals surface area contributed by atoms with E-state index in [2.05, 4.69) is 399 Å². The molecule has 0 bridgehead atoms. The second-order valence-corrected chi connectivity index (χ2v) is 37.1. The molecule has 0 aromatic heterocycles. The molecule has 0 radical (unpaired) electrons. The first-order valence-electron chi connectivity index (χ1n) is 50.5. The summed E-state index contributed by atoms with van der Waals surface area (Å²) in [4.78, 5) is 59.8. The molecule has 20 aromatic carbocycles. The van der Waals surface area contributed by atoms with Gasteiger partial charge in [-0.2, -0.15) is 0 Å². The second-order valence-electron chi connectivity index (χ2n) is 37.1. The normalized spacial score (nSPS) is 11.7. The number of Topliss-reactive ketones (excluding diaryl/α,β-unsaturated/α-hetero) is 4. The molecule has 20 aromatic rings. The number of hydrogen-bond donors (Lipinski definition) is 0. The maximum Gasteiger partial charge on any atom is 0.163 e. The van der Waals surface area contributed by atoms with Crippen molar-refractivity contribution in [3.05, 3.63) is 516 Å². The van der Waals surface area contributed by atoms with Gasteiger partial charge in [0.2, 0.25) is 0 Å². The standard InChI is InChI=1S/C40H31NO2.C34H29NO2.C34H35NO2.C30H27NO2/c1-26(42)38(27(2)43-3)34-22-16-30-18-24-36-37(25-19-31-17-23-35(34)39(30)40(31)36)41(32-12-8-5-9-13-32)33-20-14-29(15-21-33)28-10-6-4-7-11-28;1-24(36)34(25(2)37-3)31-22-23-33(30-20-11-10-19-29(30)31)35(27-16-8-5-9-17-27)32-21-13-12-18-28(32)26-14-6-4-7-15-26;1-22-24(3)34(25(4)23(2)32(22)33(26(5)36)27(6)37-7)35(29-18-12-9-13-19-29)31-21-15-14-20-30(31)28-16-10-8-11-17-28;1-22(32)30(23(2)33-3)25-18-20-27(21-19-25)31(26-14-8-5-9-15-26)29-17-11-10-16-28(29)24-12-6-4-7-13-24/h4-25H,1-3H3;4-23H,1-3H3;8-21H,1-7H3;4-21H,1-3H3/b38-27+;34-25+;33-27+;30-23+. The SMILES string of the molecule is CO/C(C)=C(\C(C)=O)c1c(C)c(C)c(N(c2ccccc2)c2ccccc2-c2ccccc2)c(C)c1C.CO/C(C)=C(\C(C)=O)c1ccc(N(c2ccccc2)c2ccccc2-c2ccccc2)c2ccccc12.CO/C(C)=C(\C(C)=O)c1ccc(N(c2ccccc2)c2ccccc2-c2ccccc2)cc1.CO/C(C)=C(\C(C)=O)c1ccc2ccc3c(N(c4ccccc4)c4ccc(-c5ccccc5)cc4)ccc4ccc1c2c43. The number of carbonyl (C=O) groups is 4. The van der Waals surface area contributed by atoms with Gasteiger partial charge in [-0.25, -0.2) is 0 Å². The average Bonchev–Trinajstić information content (AvgIpc) is 0.713. The molecule has 0 aliphatic rings. The van der Waals surface area contributed by atoms with E-state index >= 15 is 0 Å². The molecule has 0 aliphatic carbocycles. The van der Waals surface area contributed by atoms with Gasteiger partial charge in [-0.1, -0.05) is 346 Å². The van der Waals surface area contributed by atoms with Crippen LogP contribution in [0, 0.1) is 27.7 Å². The Hall–Kier alpha value is -18.3. The van der Waals surface area contributed by atoms with Crippen molar-refractivity contribution in [1.82, 2.24) is 0 Å². The Morgan fingerprint density at radius 3 is 0.893 bits per heavy atom. The lowest BCUT2D eigenvalue weighted by atomic mass is 9.85. The van der Waals surface area contributed by atoms with Crippen LogP contribution in [0.2, 0.25) is 0 Å². The average molecular weight is 1960 g/mol. The van der Waals surface area contributed by atoms with E-state index in [-0.39, 0.29) is 23.1 Å². The van der Waals surface area contributed by atoms with Gasteiger partial charge >= 0.3 is 0 Å². The van der Waals surface area contributed by atoms with Crippen LogP contribution < -0.4 is 19.6 Å². The van der Waals surface area contributed by atoms with Crippen molar-refractivity contribution in [3.8, 4) is 44.5 Å². The molecule has 0 N–H and O–H groups in total. The summed E-state index contributed by atoms with van der Waals surface area (Å²) >= 11 is 0. The minimum absolute atomic E-state index is 0.00596. The van der Waals surface area contributed by atoms with E-state index < -0.39 is 0 Å². The van der Waals surface area contributed by atoms with Crippen molar-refractivity contribution >= 4 is 157 Å². The largest absolute Gasteiger partial charge is 0.501 e. The Bertz CT molecular complexity index is 8370. The van der Waals surface area contributed by atoms with Crippen molar-refractivity contribution in [2.45, 2.75) is 83.1 Å². The number of carbonyl (C=O) groups excluding carboxylic acids is 4.